The second kappa shape index (κ2) is 14.2. The van der Waals surface area contributed by atoms with Crippen molar-refractivity contribution in [2.75, 3.05) is 11.5 Å². The van der Waals surface area contributed by atoms with Crippen molar-refractivity contribution >= 4 is 52.4 Å². The highest BCUT2D eigenvalue weighted by molar-refractivity contribution is 7.99. The van der Waals surface area contributed by atoms with Gasteiger partial charge in [0.1, 0.15) is 6.10 Å². The van der Waals surface area contributed by atoms with E-state index in [4.69, 9.17) is 21.3 Å². The molecule has 1 aliphatic rings. The van der Waals surface area contributed by atoms with Gasteiger partial charge < -0.3 is 9.84 Å². The number of rotatable bonds is 13. The van der Waals surface area contributed by atoms with Crippen LogP contribution in [-0.4, -0.2) is 39.8 Å². The molecule has 0 aliphatic heterocycles. The van der Waals surface area contributed by atoms with E-state index in [9.17, 15) is 9.90 Å². The summed E-state index contributed by atoms with van der Waals surface area (Å²) in [6.45, 7) is 1.84. The summed E-state index contributed by atoms with van der Waals surface area (Å²) >= 11 is 7.97. The van der Waals surface area contributed by atoms with Gasteiger partial charge in [0.25, 0.3) is 0 Å². The Morgan fingerprint density at radius 1 is 1.05 bits per heavy atom. The lowest BCUT2D eigenvalue weighted by Gasteiger charge is -2.22. The number of thioether (sulfide) groups is 1. The molecule has 212 valence electrons. The first kappa shape index (κ1) is 29.4. The number of aromatic nitrogens is 1. The maximum atomic E-state index is 12.0. The summed E-state index contributed by atoms with van der Waals surface area (Å²) in [5.41, 5.74) is 6.50. The third-order valence-electron chi connectivity index (χ3n) is 7.20. The molecule has 1 N–H and O–H groups in total. The predicted octanol–water partition coefficient (Wildman–Crippen LogP) is 8.33. The summed E-state index contributed by atoms with van der Waals surface area (Å²) in [6, 6.07) is 26.9. The lowest BCUT2D eigenvalue weighted by Crippen LogP contribution is -2.11. The van der Waals surface area contributed by atoms with E-state index in [1.54, 1.807) is 11.8 Å². The van der Waals surface area contributed by atoms with Crippen molar-refractivity contribution in [1.29, 1.82) is 0 Å². The summed E-state index contributed by atoms with van der Waals surface area (Å²) in [7, 11) is 0. The molecule has 4 aromatic rings. The zero-order chi connectivity index (χ0) is 28.6. The molecule has 2 atom stereocenters. The molecular formula is C35H36ClNO3S. The monoisotopic (exact) mass is 585 g/mol. The molecule has 1 saturated carbocycles. The molecule has 2 unspecified atom stereocenters. The number of carbonyl (C=O) groups is 1. The fourth-order valence-electron chi connectivity index (χ4n) is 5.03. The van der Waals surface area contributed by atoms with Crippen molar-refractivity contribution < 1.29 is 14.6 Å². The van der Waals surface area contributed by atoms with Crippen LogP contribution in [0.1, 0.15) is 66.5 Å². The number of fused-ring (bicyclic) bond motifs is 1. The molecule has 0 saturated heterocycles. The van der Waals surface area contributed by atoms with Crippen LogP contribution in [-0.2, 0) is 16.0 Å². The van der Waals surface area contributed by atoms with E-state index in [2.05, 4.69) is 54.6 Å². The third kappa shape index (κ3) is 8.68. The molecular weight excluding hydrogens is 550 g/mol. The van der Waals surface area contributed by atoms with E-state index in [1.807, 2.05) is 43.3 Å². The van der Waals surface area contributed by atoms with E-state index >= 15 is 0 Å². The number of pyridine rings is 1. The fraction of sp³-hybridized carbons (Fsp3) is 0.314. The average Bonchev–Trinajstić information content (AvgIpc) is 3.78. The van der Waals surface area contributed by atoms with Gasteiger partial charge in [-0.25, -0.2) is 4.98 Å². The van der Waals surface area contributed by atoms with Crippen LogP contribution >= 0.6 is 23.4 Å². The van der Waals surface area contributed by atoms with Crippen molar-refractivity contribution in [3.05, 3.63) is 112 Å². The number of aliphatic hydroxyl groups is 1. The Labute approximate surface area is 251 Å². The Balaban J connectivity index is 1.33. The number of benzene rings is 3. The highest BCUT2D eigenvalue weighted by atomic mass is 35.5. The molecule has 0 bridgehead atoms. The number of carbonyl (C=O) groups excluding carboxylic acids is 1. The van der Waals surface area contributed by atoms with Gasteiger partial charge >= 0.3 is 5.97 Å². The number of aliphatic hydroxyl groups excluding tert-OH is 1. The molecule has 3 aromatic carbocycles. The van der Waals surface area contributed by atoms with E-state index < -0.39 is 6.10 Å². The van der Waals surface area contributed by atoms with Crippen molar-refractivity contribution in [1.82, 2.24) is 4.98 Å². The van der Waals surface area contributed by atoms with Gasteiger partial charge in [-0.1, -0.05) is 78.3 Å². The molecule has 6 heteroatoms. The standard InChI is InChI=1S/C35H36ClNO3S/c1-24(38)21-27-6-2-3-8-32(27)33(17-19-41-20-18-35(39)40-31-15-16-31)28-7-4-5-25(22-28)9-13-30-14-11-26-10-12-29(36)23-34(26)37-30/h2-14,22-24,31,33,38H,15-21H2,1H3/b13-9+. The summed E-state index contributed by atoms with van der Waals surface area (Å²) in [5, 5.41) is 11.9. The fourth-order valence-corrected chi connectivity index (χ4v) is 6.11. The molecule has 1 aliphatic carbocycles. The Hall–Kier alpha value is -3.12. The molecule has 4 nitrogen and oxygen atoms in total. The van der Waals surface area contributed by atoms with Gasteiger partial charge in [-0.05, 0) is 84.9 Å². The Bertz CT molecular complexity index is 1510. The van der Waals surface area contributed by atoms with Crippen LogP contribution in [0.3, 0.4) is 0 Å². The summed E-state index contributed by atoms with van der Waals surface area (Å²) in [6.07, 6.45) is 7.90. The van der Waals surface area contributed by atoms with Crippen LogP contribution in [0.15, 0.2) is 78.9 Å². The number of halogens is 1. The number of ether oxygens (including phenoxy) is 1. The Kier molecular flexibility index (Phi) is 10.2. The minimum Gasteiger partial charge on any atom is -0.462 e. The van der Waals surface area contributed by atoms with Gasteiger partial charge in [0, 0.05) is 22.1 Å². The zero-order valence-electron chi connectivity index (χ0n) is 23.3. The molecule has 0 spiro atoms. The molecule has 41 heavy (non-hydrogen) atoms. The van der Waals surface area contributed by atoms with E-state index in [-0.39, 0.29) is 18.0 Å². The van der Waals surface area contributed by atoms with E-state index in [0.717, 1.165) is 52.9 Å². The van der Waals surface area contributed by atoms with Crippen molar-refractivity contribution in [2.45, 2.75) is 57.2 Å². The van der Waals surface area contributed by atoms with Crippen molar-refractivity contribution in [3.8, 4) is 0 Å². The summed E-state index contributed by atoms with van der Waals surface area (Å²) in [4.78, 5) is 16.7. The van der Waals surface area contributed by atoms with Gasteiger partial charge in [0.15, 0.2) is 0 Å². The smallest absolute Gasteiger partial charge is 0.306 e. The molecule has 1 fully saturated rings. The first-order valence-electron chi connectivity index (χ1n) is 14.3. The normalized spacial score (nSPS) is 14.8. The average molecular weight is 586 g/mol. The minimum absolute atomic E-state index is 0.0812. The lowest BCUT2D eigenvalue weighted by molar-refractivity contribution is -0.144. The van der Waals surface area contributed by atoms with Gasteiger partial charge in [-0.3, -0.25) is 4.79 Å². The van der Waals surface area contributed by atoms with Crippen LogP contribution < -0.4 is 0 Å². The highest BCUT2D eigenvalue weighted by Gasteiger charge is 2.25. The summed E-state index contributed by atoms with van der Waals surface area (Å²) < 4.78 is 5.38. The van der Waals surface area contributed by atoms with Gasteiger partial charge in [0.05, 0.1) is 23.7 Å². The number of esters is 1. The van der Waals surface area contributed by atoms with Crippen LogP contribution in [0, 0.1) is 0 Å². The zero-order valence-corrected chi connectivity index (χ0v) is 24.9. The SMILES string of the molecule is CC(O)Cc1ccccc1C(CCSCCC(=O)OC1CC1)c1cccc(/C=C/c2ccc3ccc(Cl)cc3n2)c1. The minimum atomic E-state index is -0.415. The van der Waals surface area contributed by atoms with Crippen LogP contribution in [0.5, 0.6) is 0 Å². The van der Waals surface area contributed by atoms with Gasteiger partial charge in [0.2, 0.25) is 0 Å². The van der Waals surface area contributed by atoms with Crippen LogP contribution in [0.4, 0.5) is 0 Å². The maximum absolute atomic E-state index is 12.0. The Morgan fingerprint density at radius 2 is 1.88 bits per heavy atom. The first-order valence-corrected chi connectivity index (χ1v) is 15.9. The topological polar surface area (TPSA) is 59.4 Å². The van der Waals surface area contributed by atoms with Gasteiger partial charge in [-0.2, -0.15) is 11.8 Å². The molecule has 1 aromatic heterocycles. The second-order valence-corrected chi connectivity index (χ2v) is 12.4. The molecule has 1 heterocycles. The number of hydrogen-bond donors (Lipinski definition) is 1. The largest absolute Gasteiger partial charge is 0.462 e. The van der Waals surface area contributed by atoms with E-state index in [1.165, 1.54) is 16.7 Å². The first-order chi connectivity index (χ1) is 19.9. The van der Waals surface area contributed by atoms with E-state index in [0.29, 0.717) is 17.9 Å². The maximum Gasteiger partial charge on any atom is 0.306 e. The highest BCUT2D eigenvalue weighted by Crippen LogP contribution is 2.33. The molecule has 0 amide bonds. The second-order valence-electron chi connectivity index (χ2n) is 10.7. The van der Waals surface area contributed by atoms with Crippen molar-refractivity contribution in [2.24, 2.45) is 0 Å². The molecule has 0 radical (unpaired) electrons. The predicted molar refractivity (Wildman–Crippen MR) is 171 cm³/mol. The number of nitrogens with zero attached hydrogens (tertiary/aromatic N) is 1. The Morgan fingerprint density at radius 3 is 2.71 bits per heavy atom. The summed E-state index contributed by atoms with van der Waals surface area (Å²) in [5.74, 6) is 1.78. The lowest BCUT2D eigenvalue weighted by atomic mass is 9.84. The number of hydrogen-bond acceptors (Lipinski definition) is 5. The quantitative estimate of drug-likeness (QED) is 0.126. The van der Waals surface area contributed by atoms with Crippen molar-refractivity contribution in [3.63, 3.8) is 0 Å². The van der Waals surface area contributed by atoms with Gasteiger partial charge in [-0.15, -0.1) is 0 Å². The third-order valence-corrected chi connectivity index (χ3v) is 8.46. The van der Waals surface area contributed by atoms with Crippen LogP contribution in [0.2, 0.25) is 5.02 Å². The van der Waals surface area contributed by atoms with Crippen LogP contribution in [0.25, 0.3) is 23.1 Å². The molecule has 5 rings (SSSR count).